The van der Waals surface area contributed by atoms with Gasteiger partial charge in [0.05, 0.1) is 29.0 Å². The second-order valence-electron chi connectivity index (χ2n) is 8.21. The Morgan fingerprint density at radius 3 is 2.26 bits per heavy atom. The Morgan fingerprint density at radius 1 is 1.00 bits per heavy atom. The summed E-state index contributed by atoms with van der Waals surface area (Å²) in [6.07, 6.45) is -2.94. The fourth-order valence-electron chi connectivity index (χ4n) is 4.06. The molecule has 1 aromatic heterocycles. The largest absolute Gasteiger partial charge is 0.462 e. The number of ether oxygens (including phenoxy) is 1. The molecule has 0 saturated heterocycles. The number of esters is 1. The molecule has 0 fully saturated rings. The number of unbranched alkanes of at least 4 members (excludes halogenated alkanes) is 1. The van der Waals surface area contributed by atoms with Gasteiger partial charge in [0.15, 0.2) is 0 Å². The molecule has 8 heteroatoms. The molecule has 0 atom stereocenters. The summed E-state index contributed by atoms with van der Waals surface area (Å²) in [4.78, 5) is 27.3. The van der Waals surface area contributed by atoms with Gasteiger partial charge in [0, 0.05) is 23.6 Å². The molecule has 1 heterocycles. The molecule has 0 aliphatic carbocycles. The second-order valence-corrected chi connectivity index (χ2v) is 8.21. The topological polar surface area (TPSA) is 51.5 Å². The number of carbonyl (C=O) groups is 2. The van der Waals surface area contributed by atoms with Gasteiger partial charge in [-0.3, -0.25) is 4.79 Å². The Hall–Kier alpha value is -3.55. The highest BCUT2D eigenvalue weighted by Gasteiger charge is 2.34. The van der Waals surface area contributed by atoms with Crippen molar-refractivity contribution < 1.29 is 27.5 Å². The van der Waals surface area contributed by atoms with E-state index in [2.05, 4.69) is 0 Å². The second kappa shape index (κ2) is 10.8. The van der Waals surface area contributed by atoms with E-state index in [0.29, 0.717) is 34.7 Å². The highest BCUT2D eigenvalue weighted by atomic mass is 19.4. The molecule has 0 saturated carbocycles. The summed E-state index contributed by atoms with van der Waals surface area (Å²) in [7, 11) is 0. The fraction of sp³-hybridized carbons (Fsp3) is 0.333. The molecule has 186 valence electrons. The monoisotopic (exact) mass is 486 g/mol. The van der Waals surface area contributed by atoms with Crippen LogP contribution < -0.4 is 4.90 Å². The minimum absolute atomic E-state index is 0.0204. The van der Waals surface area contributed by atoms with Crippen molar-refractivity contribution in [2.75, 3.05) is 18.1 Å². The third-order valence-electron chi connectivity index (χ3n) is 5.78. The standard InChI is InChI=1S/C27H29F3N2O3/c1-5-7-16-31(21-14-12-20(13-15-21)26(34)35-6-2)25(33)22-17-18(3)32(19(22)4)24-11-9-8-10-23(24)27(28,29)30/h8-15,17H,5-7,16H2,1-4H3. The Morgan fingerprint density at radius 2 is 1.66 bits per heavy atom. The Kier molecular flexibility index (Phi) is 8.04. The number of carbonyl (C=O) groups excluding carboxylic acids is 2. The number of nitrogens with zero attached hydrogens (tertiary/aromatic N) is 2. The average Bonchev–Trinajstić information content (AvgIpc) is 3.12. The van der Waals surface area contributed by atoms with Gasteiger partial charge in [0.1, 0.15) is 0 Å². The van der Waals surface area contributed by atoms with Crippen LogP contribution in [-0.4, -0.2) is 29.6 Å². The van der Waals surface area contributed by atoms with E-state index >= 15 is 0 Å². The molecular weight excluding hydrogens is 457 g/mol. The number of anilines is 1. The predicted molar refractivity (Wildman–Crippen MR) is 129 cm³/mol. The van der Waals surface area contributed by atoms with Crippen molar-refractivity contribution in [1.82, 2.24) is 4.57 Å². The van der Waals surface area contributed by atoms with Crippen molar-refractivity contribution in [2.45, 2.75) is 46.7 Å². The molecule has 1 amide bonds. The first-order valence-electron chi connectivity index (χ1n) is 11.5. The van der Waals surface area contributed by atoms with Gasteiger partial charge >= 0.3 is 12.1 Å². The molecule has 0 spiro atoms. The van der Waals surface area contributed by atoms with Crippen molar-refractivity contribution in [3.05, 3.63) is 82.7 Å². The average molecular weight is 487 g/mol. The van der Waals surface area contributed by atoms with Crippen LogP contribution in [0.2, 0.25) is 0 Å². The lowest BCUT2D eigenvalue weighted by Gasteiger charge is -2.23. The number of hydrogen-bond donors (Lipinski definition) is 0. The smallest absolute Gasteiger partial charge is 0.418 e. The number of rotatable bonds is 8. The van der Waals surface area contributed by atoms with Crippen LogP contribution in [0.4, 0.5) is 18.9 Å². The molecule has 5 nitrogen and oxygen atoms in total. The van der Waals surface area contributed by atoms with E-state index in [1.54, 1.807) is 62.1 Å². The zero-order valence-electron chi connectivity index (χ0n) is 20.3. The lowest BCUT2D eigenvalue weighted by Crippen LogP contribution is -2.32. The van der Waals surface area contributed by atoms with E-state index in [-0.39, 0.29) is 18.2 Å². The summed E-state index contributed by atoms with van der Waals surface area (Å²) in [5.41, 5.74) is 1.46. The van der Waals surface area contributed by atoms with Crippen LogP contribution in [0.15, 0.2) is 54.6 Å². The summed E-state index contributed by atoms with van der Waals surface area (Å²) in [5.74, 6) is -0.761. The fourth-order valence-corrected chi connectivity index (χ4v) is 4.06. The van der Waals surface area contributed by atoms with Gasteiger partial charge in [-0.15, -0.1) is 0 Å². The first-order valence-corrected chi connectivity index (χ1v) is 11.5. The first kappa shape index (κ1) is 26.1. The van der Waals surface area contributed by atoms with Crippen molar-refractivity contribution >= 4 is 17.6 Å². The molecule has 0 unspecified atom stereocenters. The van der Waals surface area contributed by atoms with Gasteiger partial charge in [-0.2, -0.15) is 13.2 Å². The molecule has 0 bridgehead atoms. The number of amides is 1. The van der Waals surface area contributed by atoms with Crippen LogP contribution in [-0.2, 0) is 10.9 Å². The predicted octanol–water partition coefficient (Wildman–Crippen LogP) is 6.74. The number of alkyl halides is 3. The summed E-state index contributed by atoms with van der Waals surface area (Å²) in [6.45, 7) is 7.75. The number of halogens is 3. The van der Waals surface area contributed by atoms with Crippen LogP contribution >= 0.6 is 0 Å². The molecule has 2 aromatic carbocycles. The van der Waals surface area contributed by atoms with E-state index in [9.17, 15) is 22.8 Å². The van der Waals surface area contributed by atoms with Crippen LogP contribution in [0.5, 0.6) is 0 Å². The minimum Gasteiger partial charge on any atom is -0.462 e. The summed E-state index contributed by atoms with van der Waals surface area (Å²) in [5, 5.41) is 0. The van der Waals surface area contributed by atoms with E-state index in [0.717, 1.165) is 18.9 Å². The maximum Gasteiger partial charge on any atom is 0.418 e. The van der Waals surface area contributed by atoms with Crippen molar-refractivity contribution in [3.63, 3.8) is 0 Å². The van der Waals surface area contributed by atoms with E-state index < -0.39 is 17.7 Å². The summed E-state index contributed by atoms with van der Waals surface area (Å²) >= 11 is 0. The number of benzene rings is 2. The number of para-hydroxylation sites is 1. The molecular formula is C27H29F3N2O3. The molecule has 0 aliphatic rings. The van der Waals surface area contributed by atoms with Crippen LogP contribution in [0.3, 0.4) is 0 Å². The lowest BCUT2D eigenvalue weighted by atomic mass is 10.1. The summed E-state index contributed by atoms with van der Waals surface area (Å²) < 4.78 is 47.5. The molecule has 0 aliphatic heterocycles. The lowest BCUT2D eigenvalue weighted by molar-refractivity contribution is -0.137. The Bertz CT molecular complexity index is 1200. The normalized spacial score (nSPS) is 11.4. The van der Waals surface area contributed by atoms with E-state index in [1.165, 1.54) is 16.7 Å². The Labute approximate surface area is 203 Å². The first-order chi connectivity index (χ1) is 16.6. The zero-order chi connectivity index (χ0) is 25.8. The Balaban J connectivity index is 2.03. The highest BCUT2D eigenvalue weighted by molar-refractivity contribution is 6.07. The number of aryl methyl sites for hydroxylation is 1. The van der Waals surface area contributed by atoms with Gasteiger partial charge in [-0.1, -0.05) is 25.5 Å². The third-order valence-corrected chi connectivity index (χ3v) is 5.78. The number of aromatic nitrogens is 1. The van der Waals surface area contributed by atoms with Crippen LogP contribution in [0.25, 0.3) is 5.69 Å². The minimum atomic E-state index is -4.53. The number of hydrogen-bond acceptors (Lipinski definition) is 3. The quantitative estimate of drug-likeness (QED) is 0.332. The highest BCUT2D eigenvalue weighted by Crippen LogP contribution is 2.35. The molecule has 35 heavy (non-hydrogen) atoms. The van der Waals surface area contributed by atoms with Gasteiger partial charge in [-0.25, -0.2) is 4.79 Å². The van der Waals surface area contributed by atoms with Crippen LogP contribution in [0.1, 0.15) is 64.4 Å². The van der Waals surface area contributed by atoms with Crippen molar-refractivity contribution in [1.29, 1.82) is 0 Å². The summed E-state index contributed by atoms with van der Waals surface area (Å²) in [6, 6.07) is 13.5. The molecule has 0 radical (unpaired) electrons. The van der Waals surface area contributed by atoms with E-state index in [1.807, 2.05) is 6.92 Å². The third kappa shape index (κ3) is 5.58. The van der Waals surface area contributed by atoms with Crippen LogP contribution in [0, 0.1) is 13.8 Å². The van der Waals surface area contributed by atoms with Gasteiger partial charge < -0.3 is 14.2 Å². The SMILES string of the molecule is CCCCN(C(=O)c1cc(C)n(-c2ccccc2C(F)(F)F)c1C)c1ccc(C(=O)OCC)cc1. The molecule has 3 aromatic rings. The van der Waals surface area contributed by atoms with Crippen molar-refractivity contribution in [2.24, 2.45) is 0 Å². The molecule has 3 rings (SSSR count). The molecule has 0 N–H and O–H groups in total. The zero-order valence-corrected chi connectivity index (χ0v) is 20.3. The maximum absolute atomic E-state index is 13.7. The van der Waals surface area contributed by atoms with Gasteiger partial charge in [0.2, 0.25) is 0 Å². The maximum atomic E-state index is 13.7. The van der Waals surface area contributed by atoms with Gasteiger partial charge in [0.25, 0.3) is 5.91 Å². The van der Waals surface area contributed by atoms with E-state index in [4.69, 9.17) is 4.74 Å². The van der Waals surface area contributed by atoms with Crippen molar-refractivity contribution in [3.8, 4) is 5.69 Å². The van der Waals surface area contributed by atoms with Gasteiger partial charge in [-0.05, 0) is 69.7 Å².